The van der Waals surface area contributed by atoms with Crippen molar-refractivity contribution in [1.82, 2.24) is 0 Å². The molecule has 20 heavy (non-hydrogen) atoms. The maximum Gasteiger partial charge on any atom is 0.109 e. The molecule has 1 aliphatic rings. The molecule has 0 aromatic heterocycles. The minimum Gasteiger partial charge on any atom is -0.383 e. The third-order valence-corrected chi connectivity index (χ3v) is 4.44. The lowest BCUT2D eigenvalue weighted by Gasteiger charge is -2.40. The van der Waals surface area contributed by atoms with Gasteiger partial charge in [0.1, 0.15) is 5.60 Å². The predicted molar refractivity (Wildman–Crippen MR) is 82.8 cm³/mol. The van der Waals surface area contributed by atoms with Gasteiger partial charge in [-0.05, 0) is 36.5 Å². The van der Waals surface area contributed by atoms with Gasteiger partial charge in [-0.15, -0.1) is 0 Å². The molecule has 0 amide bonds. The number of hydrogen-bond donors (Lipinski definition) is 2. The van der Waals surface area contributed by atoms with Gasteiger partial charge in [-0.1, -0.05) is 55.5 Å². The highest BCUT2D eigenvalue weighted by Gasteiger charge is 2.38. The predicted octanol–water partition coefficient (Wildman–Crippen LogP) is 3.71. The molecule has 2 atom stereocenters. The first-order valence-corrected chi connectivity index (χ1v) is 7.36. The molecule has 104 valence electrons. The van der Waals surface area contributed by atoms with Crippen LogP contribution in [-0.4, -0.2) is 11.1 Å². The van der Waals surface area contributed by atoms with Crippen molar-refractivity contribution in [3.8, 4) is 0 Å². The number of fused-ring (bicyclic) bond motifs is 1. The number of nitrogens with one attached hydrogen (secondary N) is 1. The Bertz CT molecular complexity index is 581. The van der Waals surface area contributed by atoms with Crippen molar-refractivity contribution in [2.24, 2.45) is 0 Å². The number of hydrogen-bond acceptors (Lipinski definition) is 2. The normalized spacial score (nSPS) is 20.6. The van der Waals surface area contributed by atoms with Crippen molar-refractivity contribution in [3.63, 3.8) is 0 Å². The van der Waals surface area contributed by atoms with Gasteiger partial charge in [0.15, 0.2) is 0 Å². The third kappa shape index (κ3) is 2.20. The molecule has 0 fully saturated rings. The van der Waals surface area contributed by atoms with Crippen LogP contribution >= 0.6 is 0 Å². The lowest BCUT2D eigenvalue weighted by Crippen LogP contribution is -2.46. The van der Waals surface area contributed by atoms with Gasteiger partial charge in [0.2, 0.25) is 0 Å². The van der Waals surface area contributed by atoms with Gasteiger partial charge >= 0.3 is 0 Å². The Labute approximate surface area is 120 Å². The van der Waals surface area contributed by atoms with Gasteiger partial charge in [0.05, 0.1) is 6.04 Å². The summed E-state index contributed by atoms with van der Waals surface area (Å²) in [5, 5.41) is 14.7. The molecule has 0 spiro atoms. The Hall–Kier alpha value is -1.80. The van der Waals surface area contributed by atoms with E-state index in [0.717, 1.165) is 24.1 Å². The fourth-order valence-corrected chi connectivity index (χ4v) is 3.18. The molecular weight excluding hydrogens is 246 g/mol. The molecule has 1 heterocycles. The maximum absolute atomic E-state index is 11.2. The molecule has 2 heteroatoms. The summed E-state index contributed by atoms with van der Waals surface area (Å²) in [6, 6.07) is 18.4. The highest BCUT2D eigenvalue weighted by molar-refractivity contribution is 5.54. The highest BCUT2D eigenvalue weighted by Crippen LogP contribution is 2.36. The van der Waals surface area contributed by atoms with Crippen LogP contribution in [0.25, 0.3) is 0 Å². The molecule has 0 saturated carbocycles. The maximum atomic E-state index is 11.2. The molecule has 2 N–H and O–H groups in total. The lowest BCUT2D eigenvalue weighted by atomic mass is 9.79. The summed E-state index contributed by atoms with van der Waals surface area (Å²) >= 11 is 0. The summed E-state index contributed by atoms with van der Waals surface area (Å²) in [5.41, 5.74) is 2.69. The van der Waals surface area contributed by atoms with Gasteiger partial charge in [-0.25, -0.2) is 0 Å². The summed E-state index contributed by atoms with van der Waals surface area (Å²) in [4.78, 5) is 0. The molecule has 2 nitrogen and oxygen atoms in total. The lowest BCUT2D eigenvalue weighted by molar-refractivity contribution is 0.00878. The van der Waals surface area contributed by atoms with Crippen LogP contribution in [0, 0.1) is 0 Å². The van der Waals surface area contributed by atoms with Crippen molar-refractivity contribution in [1.29, 1.82) is 0 Å². The molecular formula is C18H21NO. The number of aliphatic hydroxyl groups is 1. The second-order valence-electron chi connectivity index (χ2n) is 5.54. The molecule has 3 rings (SSSR count). The molecule has 0 radical (unpaired) electrons. The van der Waals surface area contributed by atoms with Crippen LogP contribution in [0.3, 0.4) is 0 Å². The topological polar surface area (TPSA) is 32.3 Å². The average molecular weight is 267 g/mol. The molecule has 0 aliphatic carbocycles. The van der Waals surface area contributed by atoms with Crippen molar-refractivity contribution in [2.75, 3.05) is 5.32 Å². The van der Waals surface area contributed by atoms with Crippen molar-refractivity contribution in [3.05, 3.63) is 65.7 Å². The number of aryl methyl sites for hydroxylation is 1. The minimum atomic E-state index is -0.811. The number of rotatable bonds is 3. The number of para-hydroxylation sites is 1. The fourth-order valence-electron chi connectivity index (χ4n) is 3.18. The van der Waals surface area contributed by atoms with E-state index in [1.165, 1.54) is 5.56 Å². The largest absolute Gasteiger partial charge is 0.383 e. The Kier molecular flexibility index (Phi) is 3.49. The molecule has 2 aromatic carbocycles. The van der Waals surface area contributed by atoms with E-state index in [4.69, 9.17) is 0 Å². The van der Waals surface area contributed by atoms with Crippen LogP contribution in [0.15, 0.2) is 54.6 Å². The standard InChI is InChI=1S/C18H21NO/c1-2-18(20,15-9-4-3-5-10-15)17-13-12-14-8-6-7-11-16(14)19-17/h3-11,17,19-20H,2,12-13H2,1H3. The van der Waals surface area contributed by atoms with Gasteiger partial charge in [0, 0.05) is 5.69 Å². The van der Waals surface area contributed by atoms with E-state index in [2.05, 4.69) is 30.4 Å². The molecule has 0 bridgehead atoms. The summed E-state index contributed by atoms with van der Waals surface area (Å²) < 4.78 is 0. The second-order valence-corrected chi connectivity index (χ2v) is 5.54. The summed E-state index contributed by atoms with van der Waals surface area (Å²) in [6.45, 7) is 2.05. The van der Waals surface area contributed by atoms with E-state index in [1.807, 2.05) is 36.4 Å². The van der Waals surface area contributed by atoms with Gasteiger partial charge in [0.25, 0.3) is 0 Å². The van der Waals surface area contributed by atoms with Crippen LogP contribution < -0.4 is 5.32 Å². The van der Waals surface area contributed by atoms with Crippen LogP contribution in [-0.2, 0) is 12.0 Å². The van der Waals surface area contributed by atoms with E-state index >= 15 is 0 Å². The molecule has 2 aromatic rings. The van der Waals surface area contributed by atoms with Gasteiger partial charge < -0.3 is 10.4 Å². The van der Waals surface area contributed by atoms with E-state index in [1.54, 1.807) is 0 Å². The monoisotopic (exact) mass is 267 g/mol. The van der Waals surface area contributed by atoms with Crippen LogP contribution in [0.4, 0.5) is 5.69 Å². The zero-order valence-electron chi connectivity index (χ0n) is 11.8. The third-order valence-electron chi connectivity index (χ3n) is 4.44. The van der Waals surface area contributed by atoms with Crippen LogP contribution in [0.2, 0.25) is 0 Å². The van der Waals surface area contributed by atoms with Crippen LogP contribution in [0.1, 0.15) is 30.9 Å². The zero-order valence-corrected chi connectivity index (χ0v) is 11.8. The van der Waals surface area contributed by atoms with E-state index in [-0.39, 0.29) is 6.04 Å². The second kappa shape index (κ2) is 5.29. The van der Waals surface area contributed by atoms with E-state index in [9.17, 15) is 5.11 Å². The first-order chi connectivity index (χ1) is 9.74. The number of anilines is 1. The molecule has 1 aliphatic heterocycles. The summed E-state index contributed by atoms with van der Waals surface area (Å²) in [5.74, 6) is 0. The van der Waals surface area contributed by atoms with Gasteiger partial charge in [-0.3, -0.25) is 0 Å². The Morgan fingerprint density at radius 2 is 1.80 bits per heavy atom. The molecule has 0 saturated heterocycles. The molecule has 2 unspecified atom stereocenters. The van der Waals surface area contributed by atoms with Crippen molar-refractivity contribution < 1.29 is 5.11 Å². The zero-order chi connectivity index (χ0) is 14.0. The quantitative estimate of drug-likeness (QED) is 0.888. The smallest absolute Gasteiger partial charge is 0.109 e. The average Bonchev–Trinajstić information content (AvgIpc) is 2.54. The van der Waals surface area contributed by atoms with Crippen molar-refractivity contribution in [2.45, 2.75) is 37.8 Å². The first-order valence-electron chi connectivity index (χ1n) is 7.36. The Balaban J connectivity index is 1.92. The van der Waals surface area contributed by atoms with Gasteiger partial charge in [-0.2, -0.15) is 0 Å². The Morgan fingerprint density at radius 1 is 1.10 bits per heavy atom. The van der Waals surface area contributed by atoms with E-state index in [0.29, 0.717) is 6.42 Å². The fraction of sp³-hybridized carbons (Fsp3) is 0.333. The highest BCUT2D eigenvalue weighted by atomic mass is 16.3. The SMILES string of the molecule is CCC(O)(c1ccccc1)C1CCc2ccccc2N1. The first kappa shape index (κ1) is 13.2. The van der Waals surface area contributed by atoms with E-state index < -0.39 is 5.60 Å². The minimum absolute atomic E-state index is 0.0600. The number of benzene rings is 2. The van der Waals surface area contributed by atoms with Crippen molar-refractivity contribution >= 4 is 5.69 Å². The Morgan fingerprint density at radius 3 is 2.55 bits per heavy atom. The summed E-state index contributed by atoms with van der Waals surface area (Å²) in [6.07, 6.45) is 2.68. The van der Waals surface area contributed by atoms with Crippen LogP contribution in [0.5, 0.6) is 0 Å². The summed E-state index contributed by atoms with van der Waals surface area (Å²) in [7, 11) is 0.